The molecule has 0 saturated carbocycles. The fraction of sp³-hybridized carbons (Fsp3) is 0.188. The van der Waals surface area contributed by atoms with Crippen LogP contribution in [0, 0.1) is 11.3 Å². The minimum Gasteiger partial charge on any atom is -0.490 e. The zero-order chi connectivity index (χ0) is 29.4. The van der Waals surface area contributed by atoms with E-state index in [1.807, 2.05) is 44.2 Å². The monoisotopic (exact) mass is 567 g/mol. The first kappa shape index (κ1) is 29.2. The third-order valence-electron chi connectivity index (χ3n) is 6.17. The molecule has 3 aromatic carbocycles. The van der Waals surface area contributed by atoms with Gasteiger partial charge in [0, 0.05) is 17.7 Å². The molecule has 0 spiro atoms. The summed E-state index contributed by atoms with van der Waals surface area (Å²) in [7, 11) is 0. The van der Waals surface area contributed by atoms with Gasteiger partial charge in [0.1, 0.15) is 6.61 Å². The highest BCUT2D eigenvalue weighted by Crippen LogP contribution is 2.38. The van der Waals surface area contributed by atoms with Crippen LogP contribution >= 0.6 is 11.8 Å². The summed E-state index contributed by atoms with van der Waals surface area (Å²) in [6.45, 7) is 8.67. The van der Waals surface area contributed by atoms with E-state index in [0.717, 1.165) is 16.7 Å². The van der Waals surface area contributed by atoms with Crippen molar-refractivity contribution < 1.29 is 24.2 Å². The van der Waals surface area contributed by atoms with Gasteiger partial charge in [-0.2, -0.15) is 5.26 Å². The Balaban J connectivity index is 1.67. The quantitative estimate of drug-likeness (QED) is 0.206. The van der Waals surface area contributed by atoms with Gasteiger partial charge in [-0.3, -0.25) is 9.69 Å². The molecule has 1 N–H and O–H groups in total. The molecule has 208 valence electrons. The number of benzene rings is 3. The van der Waals surface area contributed by atoms with Crippen LogP contribution in [0.2, 0.25) is 0 Å². The maximum absolute atomic E-state index is 13.3. The summed E-state index contributed by atoms with van der Waals surface area (Å²) in [5.74, 6) is -0.0895. The van der Waals surface area contributed by atoms with E-state index in [-0.39, 0.29) is 18.1 Å². The lowest BCUT2D eigenvalue weighted by molar-refractivity contribution is -0.122. The molecular weight excluding hydrogens is 538 g/mol. The van der Waals surface area contributed by atoms with Crippen LogP contribution in [-0.4, -0.2) is 40.2 Å². The number of amidine groups is 1. The van der Waals surface area contributed by atoms with Gasteiger partial charge >= 0.3 is 5.97 Å². The van der Waals surface area contributed by atoms with Crippen molar-refractivity contribution in [3.8, 4) is 17.6 Å². The minimum absolute atomic E-state index is 0.166. The summed E-state index contributed by atoms with van der Waals surface area (Å²) in [6.07, 6.45) is 4.08. The number of thioether (sulfide) groups is 1. The second kappa shape index (κ2) is 13.5. The number of carbonyl (C=O) groups excluding carboxylic acids is 1. The van der Waals surface area contributed by atoms with Gasteiger partial charge in [-0.25, -0.2) is 9.79 Å². The number of amides is 1. The molecule has 1 amide bonds. The van der Waals surface area contributed by atoms with Gasteiger partial charge in [-0.1, -0.05) is 24.3 Å². The maximum Gasteiger partial charge on any atom is 0.335 e. The molecule has 41 heavy (non-hydrogen) atoms. The van der Waals surface area contributed by atoms with Gasteiger partial charge in [0.15, 0.2) is 16.7 Å². The second-order valence-electron chi connectivity index (χ2n) is 8.90. The number of carbonyl (C=O) groups is 2. The molecular formula is C32H29N3O5S. The van der Waals surface area contributed by atoms with E-state index in [9.17, 15) is 14.9 Å². The first-order valence-electron chi connectivity index (χ1n) is 13.0. The van der Waals surface area contributed by atoms with E-state index < -0.39 is 5.97 Å². The van der Waals surface area contributed by atoms with Crippen LogP contribution in [0.4, 0.5) is 5.69 Å². The van der Waals surface area contributed by atoms with E-state index in [4.69, 9.17) is 14.6 Å². The third-order valence-corrected chi connectivity index (χ3v) is 7.18. The Bertz CT molecular complexity index is 1570. The number of nitrogens with zero attached hydrogens (tertiary/aromatic N) is 3. The lowest BCUT2D eigenvalue weighted by Gasteiger charge is -2.17. The molecule has 4 rings (SSSR count). The number of aromatic carboxylic acids is 1. The average molecular weight is 568 g/mol. The Morgan fingerprint density at radius 3 is 2.54 bits per heavy atom. The smallest absolute Gasteiger partial charge is 0.335 e. The van der Waals surface area contributed by atoms with Crippen LogP contribution in [-0.2, 0) is 17.8 Å². The number of carboxylic acids is 1. The molecule has 9 heteroatoms. The second-order valence-corrected chi connectivity index (χ2v) is 9.91. The highest BCUT2D eigenvalue weighted by atomic mass is 32.2. The molecule has 1 aliphatic heterocycles. The zero-order valence-electron chi connectivity index (χ0n) is 22.8. The van der Waals surface area contributed by atoms with Crippen molar-refractivity contribution in [3.63, 3.8) is 0 Å². The molecule has 3 aromatic rings. The Morgan fingerprint density at radius 2 is 1.88 bits per heavy atom. The van der Waals surface area contributed by atoms with Crippen molar-refractivity contribution in [2.45, 2.75) is 26.9 Å². The molecule has 1 aliphatic rings. The number of hydrogen-bond donors (Lipinski definition) is 1. The largest absolute Gasteiger partial charge is 0.490 e. The van der Waals surface area contributed by atoms with E-state index in [0.29, 0.717) is 52.4 Å². The van der Waals surface area contributed by atoms with Crippen molar-refractivity contribution in [1.29, 1.82) is 5.26 Å². The van der Waals surface area contributed by atoms with Crippen LogP contribution in [0.5, 0.6) is 11.5 Å². The number of likely N-dealkylation sites (N-methyl/N-ethyl adjacent to an activating group) is 1. The first-order valence-corrected chi connectivity index (χ1v) is 13.8. The fourth-order valence-corrected chi connectivity index (χ4v) is 5.28. The lowest BCUT2D eigenvalue weighted by Crippen LogP contribution is -2.28. The van der Waals surface area contributed by atoms with Crippen molar-refractivity contribution >= 4 is 40.6 Å². The van der Waals surface area contributed by atoms with E-state index in [1.165, 1.54) is 23.9 Å². The number of allylic oxidation sites excluding steroid dienone is 1. The number of nitriles is 1. The summed E-state index contributed by atoms with van der Waals surface area (Å²) in [5.41, 5.74) is 3.63. The topological polar surface area (TPSA) is 112 Å². The van der Waals surface area contributed by atoms with Crippen LogP contribution < -0.4 is 9.47 Å². The summed E-state index contributed by atoms with van der Waals surface area (Å²) >= 11 is 1.25. The summed E-state index contributed by atoms with van der Waals surface area (Å²) in [4.78, 5) is 31.1. The molecule has 1 saturated heterocycles. The molecule has 1 fully saturated rings. The van der Waals surface area contributed by atoms with Crippen molar-refractivity contribution in [3.05, 3.63) is 106 Å². The maximum atomic E-state index is 13.3. The van der Waals surface area contributed by atoms with Gasteiger partial charge in [0.25, 0.3) is 5.91 Å². The molecule has 0 aliphatic carbocycles. The Kier molecular flexibility index (Phi) is 9.61. The normalized spacial score (nSPS) is 14.8. The van der Waals surface area contributed by atoms with Gasteiger partial charge in [0.05, 0.1) is 34.4 Å². The van der Waals surface area contributed by atoms with Crippen molar-refractivity contribution in [1.82, 2.24) is 4.90 Å². The van der Waals surface area contributed by atoms with E-state index >= 15 is 0 Å². The number of carboxylic acid groups (broad SMARTS) is 1. The first-order chi connectivity index (χ1) is 19.9. The van der Waals surface area contributed by atoms with Gasteiger partial charge < -0.3 is 14.6 Å². The van der Waals surface area contributed by atoms with Crippen molar-refractivity contribution in [2.24, 2.45) is 4.99 Å². The van der Waals surface area contributed by atoms with Crippen LogP contribution in [0.25, 0.3) is 6.08 Å². The summed E-state index contributed by atoms with van der Waals surface area (Å²) < 4.78 is 12.2. The van der Waals surface area contributed by atoms with Gasteiger partial charge in [0.2, 0.25) is 0 Å². The lowest BCUT2D eigenvalue weighted by atomic mass is 10.0. The van der Waals surface area contributed by atoms with E-state index in [1.54, 1.807) is 35.3 Å². The summed E-state index contributed by atoms with van der Waals surface area (Å²) in [6, 6.07) is 19.4. The number of aliphatic imine (C=N–C) groups is 1. The van der Waals surface area contributed by atoms with Crippen LogP contribution in [0.3, 0.4) is 0 Å². The zero-order valence-corrected chi connectivity index (χ0v) is 23.6. The predicted molar refractivity (Wildman–Crippen MR) is 160 cm³/mol. The fourth-order valence-electron chi connectivity index (χ4n) is 4.22. The molecule has 0 aromatic heterocycles. The van der Waals surface area contributed by atoms with Crippen molar-refractivity contribution in [2.75, 3.05) is 13.2 Å². The number of rotatable bonds is 11. The van der Waals surface area contributed by atoms with E-state index in [2.05, 4.69) is 17.6 Å². The predicted octanol–water partition coefficient (Wildman–Crippen LogP) is 6.59. The molecule has 8 nitrogen and oxygen atoms in total. The Labute approximate surface area is 243 Å². The summed E-state index contributed by atoms with van der Waals surface area (Å²) in [5, 5.41) is 19.1. The van der Waals surface area contributed by atoms with Gasteiger partial charge in [-0.15, -0.1) is 6.58 Å². The Morgan fingerprint density at radius 1 is 1.12 bits per heavy atom. The molecule has 0 bridgehead atoms. The molecule has 0 unspecified atom stereocenters. The molecule has 0 radical (unpaired) electrons. The highest BCUT2D eigenvalue weighted by Gasteiger charge is 2.32. The standard InChI is InChI=1S/C32H29N3O5S/c1-4-9-23-16-21(17-27(39-6-3)29(23)40-20-25-11-8-7-10-24(25)19-33)18-28-30(36)35(5-2)32(41-28)34-26-14-12-22(13-15-26)31(37)38/h4,7-8,10-18H,1,5-6,9,20H2,2-3H3,(H,37,38). The average Bonchev–Trinajstić information content (AvgIpc) is 3.26. The SMILES string of the molecule is C=CCc1cc(C=C2SC(=Nc3ccc(C(=O)O)cc3)N(CC)C2=O)cc(OCC)c1OCc1ccccc1C#N. The number of hydrogen-bond acceptors (Lipinski definition) is 7. The Hall–Kier alpha value is -4.81. The van der Waals surface area contributed by atoms with Crippen LogP contribution in [0.1, 0.15) is 46.5 Å². The minimum atomic E-state index is -1.01. The molecule has 0 atom stereocenters. The van der Waals surface area contributed by atoms with Gasteiger partial charge in [-0.05, 0) is 86.1 Å². The molecule has 1 heterocycles. The highest BCUT2D eigenvalue weighted by molar-refractivity contribution is 8.18. The van der Waals surface area contributed by atoms with Crippen LogP contribution in [0.15, 0.2) is 83.2 Å². The third kappa shape index (κ3) is 6.86. The number of ether oxygens (including phenoxy) is 2.